The lowest BCUT2D eigenvalue weighted by atomic mass is 9.98. The van der Waals surface area contributed by atoms with E-state index in [4.69, 9.17) is 4.74 Å². The summed E-state index contributed by atoms with van der Waals surface area (Å²) in [6.45, 7) is 5.42. The third kappa shape index (κ3) is 8.49. The Labute approximate surface area is 191 Å². The third-order valence-electron chi connectivity index (χ3n) is 5.83. The first kappa shape index (κ1) is 25.6. The summed E-state index contributed by atoms with van der Waals surface area (Å²) in [6.07, 6.45) is 12.4. The van der Waals surface area contributed by atoms with Gasteiger partial charge in [-0.2, -0.15) is 0 Å². The fraction of sp³-hybridized carbons (Fsp3) is 0.625. The van der Waals surface area contributed by atoms with Crippen molar-refractivity contribution in [1.29, 1.82) is 0 Å². The van der Waals surface area contributed by atoms with E-state index >= 15 is 0 Å². The van der Waals surface area contributed by atoms with Gasteiger partial charge in [0.05, 0.1) is 19.1 Å². The lowest BCUT2D eigenvalue weighted by Crippen LogP contribution is -2.51. The predicted octanol–water partition coefficient (Wildman–Crippen LogP) is 1.65. The Bertz CT molecular complexity index is 744. The maximum absolute atomic E-state index is 13.0. The van der Waals surface area contributed by atoms with Gasteiger partial charge in [-0.1, -0.05) is 44.6 Å². The monoisotopic (exact) mass is 446 g/mol. The van der Waals surface area contributed by atoms with Crippen LogP contribution in [-0.2, 0) is 19.1 Å². The summed E-state index contributed by atoms with van der Waals surface area (Å²) < 4.78 is 6.11. The topological polar surface area (TPSA) is 99.8 Å². The van der Waals surface area contributed by atoms with Crippen LogP contribution >= 0.6 is 0 Å². The smallest absolute Gasteiger partial charge is 0.240 e. The van der Waals surface area contributed by atoms with Crippen LogP contribution < -0.4 is 16.0 Å². The minimum Gasteiger partial charge on any atom is -0.496 e. The summed E-state index contributed by atoms with van der Waals surface area (Å²) in [5, 5.41) is 8.75. The molecule has 2 aliphatic rings. The maximum atomic E-state index is 13.0. The van der Waals surface area contributed by atoms with E-state index in [0.717, 1.165) is 37.9 Å². The average Bonchev–Trinajstić information content (AvgIpc) is 3.01. The molecule has 2 atom stereocenters. The number of nitrogens with one attached hydrogen (secondary N) is 3. The lowest BCUT2D eigenvalue weighted by molar-refractivity contribution is -0.137. The van der Waals surface area contributed by atoms with E-state index in [1.54, 1.807) is 7.05 Å². The Hall–Kier alpha value is -2.61. The highest BCUT2D eigenvalue weighted by Crippen LogP contribution is 2.21. The number of ether oxygens (including phenoxy) is 1. The highest BCUT2D eigenvalue weighted by Gasteiger charge is 2.27. The summed E-state index contributed by atoms with van der Waals surface area (Å²) in [5.74, 6) is 0.333. The Morgan fingerprint density at radius 1 is 1.12 bits per heavy atom. The van der Waals surface area contributed by atoms with E-state index in [1.165, 1.54) is 10.5 Å². The number of rotatable bonds is 2. The zero-order chi connectivity index (χ0) is 23.3. The van der Waals surface area contributed by atoms with Gasteiger partial charge in [-0.3, -0.25) is 14.4 Å². The van der Waals surface area contributed by atoms with E-state index < -0.39 is 6.04 Å². The highest BCUT2D eigenvalue weighted by molar-refractivity contribution is 5.89. The third-order valence-corrected chi connectivity index (χ3v) is 5.83. The highest BCUT2D eigenvalue weighted by atomic mass is 16.5. The largest absolute Gasteiger partial charge is 0.496 e. The van der Waals surface area contributed by atoms with Crippen LogP contribution in [0.15, 0.2) is 35.6 Å². The van der Waals surface area contributed by atoms with Gasteiger partial charge in [-0.15, -0.1) is 0 Å². The van der Waals surface area contributed by atoms with Crippen LogP contribution in [0.5, 0.6) is 0 Å². The predicted molar refractivity (Wildman–Crippen MR) is 125 cm³/mol. The lowest BCUT2D eigenvalue weighted by Gasteiger charge is -2.28. The van der Waals surface area contributed by atoms with Crippen LogP contribution in [0.3, 0.4) is 0 Å². The summed E-state index contributed by atoms with van der Waals surface area (Å²) in [7, 11) is 1.61. The van der Waals surface area contributed by atoms with Crippen molar-refractivity contribution in [2.75, 3.05) is 39.8 Å². The molecule has 3 amide bonds. The molecule has 0 saturated heterocycles. The number of likely N-dealkylation sites (N-methyl/N-ethyl adjacent to an activating group) is 1. The van der Waals surface area contributed by atoms with Crippen molar-refractivity contribution in [3.63, 3.8) is 0 Å². The van der Waals surface area contributed by atoms with Crippen molar-refractivity contribution in [2.24, 2.45) is 5.92 Å². The van der Waals surface area contributed by atoms with Crippen LogP contribution in [-0.4, -0.2) is 68.5 Å². The number of carbonyl (C=O) groups is 3. The van der Waals surface area contributed by atoms with Crippen molar-refractivity contribution in [3.05, 3.63) is 35.6 Å². The number of hydrogen-bond donors (Lipinski definition) is 3. The minimum absolute atomic E-state index is 0.0911. The molecule has 8 heteroatoms. The molecule has 2 rings (SSSR count). The van der Waals surface area contributed by atoms with Gasteiger partial charge in [0, 0.05) is 26.6 Å². The van der Waals surface area contributed by atoms with Crippen molar-refractivity contribution >= 4 is 17.7 Å². The van der Waals surface area contributed by atoms with Crippen molar-refractivity contribution in [2.45, 2.75) is 52.0 Å². The molecule has 2 unspecified atom stereocenters. The molecule has 0 bridgehead atoms. The summed E-state index contributed by atoms with van der Waals surface area (Å²) >= 11 is 0. The van der Waals surface area contributed by atoms with E-state index in [-0.39, 0.29) is 36.7 Å². The molecule has 0 aromatic rings. The van der Waals surface area contributed by atoms with E-state index in [9.17, 15) is 14.4 Å². The minimum atomic E-state index is -0.408. The molecule has 0 aromatic carbocycles. The molecule has 0 fully saturated rings. The second kappa shape index (κ2) is 13.7. The normalized spacial score (nSPS) is 23.7. The summed E-state index contributed by atoms with van der Waals surface area (Å²) in [5.41, 5.74) is 1.17. The zero-order valence-electron chi connectivity index (χ0n) is 19.6. The molecule has 1 heterocycles. The van der Waals surface area contributed by atoms with Crippen LogP contribution in [0.4, 0.5) is 0 Å². The zero-order valence-corrected chi connectivity index (χ0v) is 19.6. The number of carbonyl (C=O) groups excluding carboxylic acids is 3. The molecule has 1 aliphatic carbocycles. The first-order valence-corrected chi connectivity index (χ1v) is 11.6. The van der Waals surface area contributed by atoms with Gasteiger partial charge in [0.1, 0.15) is 12.4 Å². The molecule has 0 aromatic heterocycles. The van der Waals surface area contributed by atoms with Gasteiger partial charge in [0.25, 0.3) is 0 Å². The Morgan fingerprint density at radius 3 is 2.72 bits per heavy atom. The van der Waals surface area contributed by atoms with Crippen molar-refractivity contribution in [3.8, 4) is 0 Å². The van der Waals surface area contributed by atoms with Gasteiger partial charge < -0.3 is 25.6 Å². The first-order chi connectivity index (χ1) is 15.4. The molecular weight excluding hydrogens is 408 g/mol. The molecule has 8 nitrogen and oxygen atoms in total. The fourth-order valence-electron chi connectivity index (χ4n) is 3.68. The van der Waals surface area contributed by atoms with Crippen molar-refractivity contribution < 1.29 is 19.1 Å². The second-order valence-electron chi connectivity index (χ2n) is 8.38. The average molecular weight is 447 g/mol. The molecule has 0 radical (unpaired) electrons. The summed E-state index contributed by atoms with van der Waals surface area (Å²) in [4.78, 5) is 38.6. The Morgan fingerprint density at radius 2 is 1.94 bits per heavy atom. The van der Waals surface area contributed by atoms with Crippen LogP contribution in [0.2, 0.25) is 0 Å². The van der Waals surface area contributed by atoms with Gasteiger partial charge in [0.15, 0.2) is 0 Å². The standard InChI is InChI=1S/C24H38N4O4/c1-4-18(2)23-24(31)28(3)17-22(30)27-16-21(29)25-13-9-8-11-19-10-6-5-7-12-20(19)32-15-14-26-23/h5-7,10,18,23,26H,4,8-9,11-17H2,1-3H3,(H,25,29)(H,27,30). The fourth-order valence-corrected chi connectivity index (χ4v) is 3.68. The van der Waals surface area contributed by atoms with Gasteiger partial charge in [-0.05, 0) is 30.8 Å². The van der Waals surface area contributed by atoms with E-state index in [2.05, 4.69) is 28.1 Å². The first-order valence-electron chi connectivity index (χ1n) is 11.6. The van der Waals surface area contributed by atoms with Crippen LogP contribution in [0.1, 0.15) is 46.0 Å². The molecule has 0 saturated carbocycles. The maximum Gasteiger partial charge on any atom is 0.240 e. The number of allylic oxidation sites excluding steroid dienone is 5. The molecule has 32 heavy (non-hydrogen) atoms. The van der Waals surface area contributed by atoms with Gasteiger partial charge >= 0.3 is 0 Å². The number of nitrogens with zero attached hydrogens (tertiary/aromatic N) is 1. The van der Waals surface area contributed by atoms with Gasteiger partial charge in [-0.25, -0.2) is 0 Å². The van der Waals surface area contributed by atoms with Crippen molar-refractivity contribution in [1.82, 2.24) is 20.9 Å². The summed E-state index contributed by atoms with van der Waals surface area (Å²) in [6, 6.07) is -0.408. The molecule has 1 aliphatic heterocycles. The van der Waals surface area contributed by atoms with Crippen LogP contribution in [0, 0.1) is 5.92 Å². The van der Waals surface area contributed by atoms with E-state index in [0.29, 0.717) is 19.7 Å². The molecule has 0 spiro atoms. The Balaban J connectivity index is 2.12. The SMILES string of the molecule is CCC(C)C1NCCOC2=C(C=CC=CC2)CCCCNC(=O)CNC(=O)CN(C)C1=O. The molecule has 3 N–H and O–H groups in total. The Kier molecular flexibility index (Phi) is 11.0. The number of amides is 3. The second-order valence-corrected chi connectivity index (χ2v) is 8.38. The quantitative estimate of drug-likeness (QED) is 0.599. The van der Waals surface area contributed by atoms with Crippen LogP contribution in [0.25, 0.3) is 0 Å². The van der Waals surface area contributed by atoms with E-state index in [1.807, 2.05) is 26.0 Å². The molecule has 178 valence electrons. The van der Waals surface area contributed by atoms with Gasteiger partial charge in [0.2, 0.25) is 17.7 Å². The molecular formula is C24H38N4O4. The number of hydrogen-bond acceptors (Lipinski definition) is 5.